The molecule has 0 aromatic heterocycles. The van der Waals surface area contributed by atoms with Crippen molar-refractivity contribution in [2.45, 2.75) is 0 Å². The molecule has 1 fully saturated rings. The van der Waals surface area contributed by atoms with Gasteiger partial charge in [-0.15, -0.1) is 0 Å². The van der Waals surface area contributed by atoms with E-state index < -0.39 is 0 Å². The molecule has 1 saturated heterocycles. The zero-order valence-electron chi connectivity index (χ0n) is 14.4. The van der Waals surface area contributed by atoms with Crippen LogP contribution in [0.3, 0.4) is 0 Å². The Morgan fingerprint density at radius 1 is 1.15 bits per heavy atom. The van der Waals surface area contributed by atoms with Crippen molar-refractivity contribution in [3.63, 3.8) is 0 Å². The Bertz CT molecular complexity index is 724. The SMILES string of the molecule is S=C(NCCN1CCOCC1)Nc1cc(Cl)ccc1Oc1ccccc1. The summed E-state index contributed by atoms with van der Waals surface area (Å²) in [7, 11) is 0. The lowest BCUT2D eigenvalue weighted by Crippen LogP contribution is -2.42. The van der Waals surface area contributed by atoms with Crippen LogP contribution in [-0.2, 0) is 4.74 Å². The van der Waals surface area contributed by atoms with E-state index in [-0.39, 0.29) is 0 Å². The monoisotopic (exact) mass is 391 g/mol. The van der Waals surface area contributed by atoms with Crippen LogP contribution in [0.4, 0.5) is 5.69 Å². The molecule has 2 aromatic rings. The summed E-state index contributed by atoms with van der Waals surface area (Å²) in [6.45, 7) is 5.21. The fourth-order valence-corrected chi connectivity index (χ4v) is 3.01. The number of anilines is 1. The lowest BCUT2D eigenvalue weighted by atomic mass is 10.3. The molecule has 0 atom stereocenters. The topological polar surface area (TPSA) is 45.8 Å². The van der Waals surface area contributed by atoms with E-state index in [0.29, 0.717) is 15.9 Å². The molecule has 1 aliphatic heterocycles. The summed E-state index contributed by atoms with van der Waals surface area (Å²) in [6.07, 6.45) is 0. The van der Waals surface area contributed by atoms with Gasteiger partial charge in [0.1, 0.15) is 5.75 Å². The molecule has 138 valence electrons. The summed E-state index contributed by atoms with van der Waals surface area (Å²) in [4.78, 5) is 2.35. The van der Waals surface area contributed by atoms with Crippen molar-refractivity contribution in [2.75, 3.05) is 44.7 Å². The number of nitrogens with one attached hydrogen (secondary N) is 2. The number of morpholine rings is 1. The maximum Gasteiger partial charge on any atom is 0.170 e. The first kappa shape index (κ1) is 18.9. The number of benzene rings is 2. The summed E-state index contributed by atoms with van der Waals surface area (Å²) >= 11 is 11.5. The van der Waals surface area contributed by atoms with Gasteiger partial charge in [-0.25, -0.2) is 0 Å². The number of hydrogen-bond acceptors (Lipinski definition) is 4. The second-order valence-corrected chi connectivity index (χ2v) is 6.74. The largest absolute Gasteiger partial charge is 0.455 e. The van der Waals surface area contributed by atoms with Gasteiger partial charge in [-0.2, -0.15) is 0 Å². The first-order valence-corrected chi connectivity index (χ1v) is 9.37. The summed E-state index contributed by atoms with van der Waals surface area (Å²) in [5.41, 5.74) is 0.727. The number of rotatable bonds is 6. The van der Waals surface area contributed by atoms with Gasteiger partial charge >= 0.3 is 0 Å². The molecule has 0 unspecified atom stereocenters. The molecule has 1 heterocycles. The van der Waals surface area contributed by atoms with Crippen LogP contribution in [0.25, 0.3) is 0 Å². The van der Waals surface area contributed by atoms with Gasteiger partial charge in [0, 0.05) is 31.2 Å². The molecule has 0 amide bonds. The number of halogens is 1. The Hall–Kier alpha value is -1.86. The van der Waals surface area contributed by atoms with Gasteiger partial charge in [-0.3, -0.25) is 4.90 Å². The summed E-state index contributed by atoms with van der Waals surface area (Å²) in [6, 6.07) is 15.0. The minimum Gasteiger partial charge on any atom is -0.455 e. The molecule has 0 saturated carbocycles. The normalized spacial score (nSPS) is 14.7. The molecule has 0 aliphatic carbocycles. The molecule has 0 bridgehead atoms. The second-order valence-electron chi connectivity index (χ2n) is 5.89. The molecule has 5 nitrogen and oxygen atoms in total. The van der Waals surface area contributed by atoms with Crippen LogP contribution in [0, 0.1) is 0 Å². The Balaban J connectivity index is 1.55. The Kier molecular flexibility index (Phi) is 7.08. The van der Waals surface area contributed by atoms with Crippen LogP contribution in [0.2, 0.25) is 5.02 Å². The highest BCUT2D eigenvalue weighted by atomic mass is 35.5. The van der Waals surface area contributed by atoms with E-state index in [4.69, 9.17) is 33.3 Å². The van der Waals surface area contributed by atoms with Crippen LogP contribution >= 0.6 is 23.8 Å². The van der Waals surface area contributed by atoms with Gasteiger partial charge in [0.15, 0.2) is 10.9 Å². The van der Waals surface area contributed by atoms with E-state index in [1.807, 2.05) is 36.4 Å². The van der Waals surface area contributed by atoms with Crippen LogP contribution in [0.5, 0.6) is 11.5 Å². The van der Waals surface area contributed by atoms with Gasteiger partial charge in [0.05, 0.1) is 18.9 Å². The molecule has 7 heteroatoms. The summed E-state index contributed by atoms with van der Waals surface area (Å²) in [5, 5.41) is 7.56. The Morgan fingerprint density at radius 3 is 2.69 bits per heavy atom. The number of ether oxygens (including phenoxy) is 2. The lowest BCUT2D eigenvalue weighted by Gasteiger charge is -2.26. The highest BCUT2D eigenvalue weighted by Gasteiger charge is 2.11. The fraction of sp³-hybridized carbons (Fsp3) is 0.316. The third-order valence-electron chi connectivity index (χ3n) is 3.98. The van der Waals surface area contributed by atoms with Gasteiger partial charge in [0.2, 0.25) is 0 Å². The lowest BCUT2D eigenvalue weighted by molar-refractivity contribution is 0.0389. The summed E-state index contributed by atoms with van der Waals surface area (Å²) in [5.74, 6) is 1.42. The molecule has 0 radical (unpaired) electrons. The van der Waals surface area contributed by atoms with E-state index >= 15 is 0 Å². The maximum absolute atomic E-state index is 6.13. The smallest absolute Gasteiger partial charge is 0.170 e. The van der Waals surface area contributed by atoms with Gasteiger partial charge < -0.3 is 20.1 Å². The number of para-hydroxylation sites is 1. The van der Waals surface area contributed by atoms with Crippen molar-refractivity contribution in [3.05, 3.63) is 53.6 Å². The third-order valence-corrected chi connectivity index (χ3v) is 4.46. The van der Waals surface area contributed by atoms with Crippen LogP contribution < -0.4 is 15.4 Å². The predicted octanol–water partition coefficient (Wildman–Crippen LogP) is 3.75. The van der Waals surface area contributed by atoms with Crippen molar-refractivity contribution in [3.8, 4) is 11.5 Å². The van der Waals surface area contributed by atoms with Crippen molar-refractivity contribution < 1.29 is 9.47 Å². The van der Waals surface area contributed by atoms with Crippen molar-refractivity contribution >= 4 is 34.6 Å². The first-order chi connectivity index (χ1) is 12.7. The van der Waals surface area contributed by atoms with E-state index in [1.165, 1.54) is 0 Å². The predicted molar refractivity (Wildman–Crippen MR) is 109 cm³/mol. The van der Waals surface area contributed by atoms with Crippen molar-refractivity contribution in [1.29, 1.82) is 0 Å². The van der Waals surface area contributed by atoms with Crippen molar-refractivity contribution in [1.82, 2.24) is 10.2 Å². The molecule has 2 aromatic carbocycles. The summed E-state index contributed by atoms with van der Waals surface area (Å²) < 4.78 is 11.3. The molecule has 2 N–H and O–H groups in total. The average Bonchev–Trinajstić information content (AvgIpc) is 2.66. The maximum atomic E-state index is 6.13. The average molecular weight is 392 g/mol. The zero-order valence-corrected chi connectivity index (χ0v) is 16.0. The molecule has 1 aliphatic rings. The van der Waals surface area contributed by atoms with E-state index in [9.17, 15) is 0 Å². The third kappa shape index (κ3) is 5.85. The second kappa shape index (κ2) is 9.73. The first-order valence-electron chi connectivity index (χ1n) is 8.58. The van der Waals surface area contributed by atoms with Gasteiger partial charge in [-0.1, -0.05) is 29.8 Å². The quantitative estimate of drug-likeness (QED) is 0.731. The van der Waals surface area contributed by atoms with E-state index in [1.54, 1.807) is 12.1 Å². The number of nitrogens with zero attached hydrogens (tertiary/aromatic N) is 1. The van der Waals surface area contributed by atoms with E-state index in [2.05, 4.69) is 15.5 Å². The molecular formula is C19H22ClN3O2S. The van der Waals surface area contributed by atoms with Crippen LogP contribution in [-0.4, -0.2) is 49.4 Å². The number of thiocarbonyl (C=S) groups is 1. The Labute approximate surface area is 164 Å². The highest BCUT2D eigenvalue weighted by Crippen LogP contribution is 2.31. The van der Waals surface area contributed by atoms with Gasteiger partial charge in [0.25, 0.3) is 0 Å². The molecule has 0 spiro atoms. The van der Waals surface area contributed by atoms with Gasteiger partial charge in [-0.05, 0) is 42.5 Å². The zero-order chi connectivity index (χ0) is 18.2. The fourth-order valence-electron chi connectivity index (χ4n) is 2.62. The molecular weight excluding hydrogens is 370 g/mol. The van der Waals surface area contributed by atoms with E-state index in [0.717, 1.165) is 50.8 Å². The molecule has 26 heavy (non-hydrogen) atoms. The van der Waals surface area contributed by atoms with Crippen molar-refractivity contribution in [2.24, 2.45) is 0 Å². The minimum absolute atomic E-state index is 0.540. The molecule has 3 rings (SSSR count). The Morgan fingerprint density at radius 2 is 1.92 bits per heavy atom. The highest BCUT2D eigenvalue weighted by molar-refractivity contribution is 7.80. The van der Waals surface area contributed by atoms with Crippen LogP contribution in [0.1, 0.15) is 0 Å². The standard InChI is InChI=1S/C19H22ClN3O2S/c20-15-6-7-18(25-16-4-2-1-3-5-16)17(14-15)22-19(26)21-8-9-23-10-12-24-13-11-23/h1-7,14H,8-13H2,(H2,21,22,26). The number of hydrogen-bond donors (Lipinski definition) is 2. The minimum atomic E-state index is 0.540. The van der Waals surface area contributed by atoms with Crippen LogP contribution in [0.15, 0.2) is 48.5 Å².